The molecule has 0 N–H and O–H groups in total. The van der Waals surface area contributed by atoms with Crippen LogP contribution in [0.3, 0.4) is 0 Å². The second-order valence-corrected chi connectivity index (χ2v) is 7.49. The Morgan fingerprint density at radius 2 is 1.50 bits per heavy atom. The molecule has 136 valence electrons. The highest BCUT2D eigenvalue weighted by Gasteiger charge is 2.21. The molecule has 0 unspecified atom stereocenters. The molecule has 4 aromatic carbocycles. The molecule has 0 saturated heterocycles. The summed E-state index contributed by atoms with van der Waals surface area (Å²) < 4.78 is 24.7. The molecule has 1 heterocycles. The van der Waals surface area contributed by atoms with Crippen LogP contribution in [0, 0.1) is 19.7 Å². The zero-order valence-corrected chi connectivity index (χ0v) is 16.2. The molecule has 0 radical (unpaired) electrons. The van der Waals surface area contributed by atoms with Gasteiger partial charge in [-0.1, -0.05) is 42.5 Å². The second kappa shape index (κ2) is 6.13. The molecule has 0 amide bonds. The van der Waals surface area contributed by atoms with Gasteiger partial charge >= 0.3 is 0 Å². The summed E-state index contributed by atoms with van der Waals surface area (Å²) in [6.07, 6.45) is 0. The van der Waals surface area contributed by atoms with Crippen molar-refractivity contribution in [2.24, 2.45) is 7.05 Å². The SMILES string of the molecule is [2H]c1c(C)[n+](C)c(-c2cc3ccccc3cc2C)c2ccc3cc(F)ccc3c12. The first-order valence-electron chi connectivity index (χ1n) is 9.96. The van der Waals surface area contributed by atoms with Crippen LogP contribution < -0.4 is 4.57 Å². The van der Waals surface area contributed by atoms with E-state index in [4.69, 9.17) is 1.37 Å². The lowest BCUT2D eigenvalue weighted by Gasteiger charge is -2.13. The van der Waals surface area contributed by atoms with Crippen molar-refractivity contribution in [3.05, 3.63) is 89.8 Å². The maximum Gasteiger partial charge on any atom is 0.220 e. The number of halogens is 1. The van der Waals surface area contributed by atoms with Gasteiger partial charge in [-0.25, -0.2) is 4.39 Å². The Hall–Kier alpha value is -3.26. The molecule has 0 bridgehead atoms. The third kappa shape index (κ3) is 2.49. The highest BCUT2D eigenvalue weighted by Crippen LogP contribution is 2.34. The van der Waals surface area contributed by atoms with Gasteiger partial charge in [0, 0.05) is 18.4 Å². The van der Waals surface area contributed by atoms with E-state index >= 15 is 0 Å². The number of benzene rings is 4. The summed E-state index contributed by atoms with van der Waals surface area (Å²) in [4.78, 5) is 0. The summed E-state index contributed by atoms with van der Waals surface area (Å²) >= 11 is 0. The van der Waals surface area contributed by atoms with Gasteiger partial charge < -0.3 is 0 Å². The van der Waals surface area contributed by atoms with Crippen LogP contribution in [0.5, 0.6) is 0 Å². The van der Waals surface area contributed by atoms with E-state index in [1.165, 1.54) is 28.5 Å². The van der Waals surface area contributed by atoms with Gasteiger partial charge in [0.15, 0.2) is 5.69 Å². The van der Waals surface area contributed by atoms with Crippen LogP contribution in [0.4, 0.5) is 4.39 Å². The number of rotatable bonds is 1. The van der Waals surface area contributed by atoms with Crippen LogP contribution in [0.15, 0.2) is 72.8 Å². The predicted molar refractivity (Wildman–Crippen MR) is 115 cm³/mol. The summed E-state index contributed by atoms with van der Waals surface area (Å²) in [5.41, 5.74) is 4.32. The first-order valence-corrected chi connectivity index (χ1v) is 9.46. The van der Waals surface area contributed by atoms with E-state index in [2.05, 4.69) is 47.9 Å². The topological polar surface area (TPSA) is 3.88 Å². The number of aromatic nitrogens is 1. The molecule has 2 heteroatoms. The number of hydrogen-bond acceptors (Lipinski definition) is 0. The van der Waals surface area contributed by atoms with Crippen molar-refractivity contribution >= 4 is 32.3 Å². The molecule has 0 aliphatic rings. The van der Waals surface area contributed by atoms with E-state index in [9.17, 15) is 4.39 Å². The largest absolute Gasteiger partial charge is 0.220 e. The van der Waals surface area contributed by atoms with Crippen molar-refractivity contribution in [3.63, 3.8) is 0 Å². The van der Waals surface area contributed by atoms with Gasteiger partial charge in [-0.15, -0.1) is 0 Å². The summed E-state index contributed by atoms with van der Waals surface area (Å²) in [6, 6.07) is 22.1. The van der Waals surface area contributed by atoms with Gasteiger partial charge in [0.25, 0.3) is 0 Å². The van der Waals surface area contributed by atoms with Crippen LogP contribution in [0.2, 0.25) is 0 Å². The second-order valence-electron chi connectivity index (χ2n) is 7.49. The van der Waals surface area contributed by atoms with Crippen molar-refractivity contribution in [2.75, 3.05) is 0 Å². The van der Waals surface area contributed by atoms with Gasteiger partial charge in [0.2, 0.25) is 5.69 Å². The molecular formula is C26H21FN+. The highest BCUT2D eigenvalue weighted by atomic mass is 19.1. The van der Waals surface area contributed by atoms with E-state index in [1.54, 1.807) is 6.07 Å². The third-order valence-electron chi connectivity index (χ3n) is 5.73. The molecule has 1 aromatic heterocycles. The average Bonchev–Trinajstić information content (AvgIpc) is 2.72. The molecule has 0 saturated carbocycles. The monoisotopic (exact) mass is 367 g/mol. The Labute approximate surface area is 165 Å². The van der Waals surface area contributed by atoms with E-state index in [1.807, 2.05) is 26.1 Å². The van der Waals surface area contributed by atoms with Crippen molar-refractivity contribution in [2.45, 2.75) is 13.8 Å². The molecule has 28 heavy (non-hydrogen) atoms. The number of nitrogens with zero attached hydrogens (tertiary/aromatic N) is 1. The predicted octanol–water partition coefficient (Wildman–Crippen LogP) is 6.39. The lowest BCUT2D eigenvalue weighted by Crippen LogP contribution is -2.35. The third-order valence-corrected chi connectivity index (χ3v) is 5.73. The molecule has 5 aromatic rings. The Morgan fingerprint density at radius 3 is 2.29 bits per heavy atom. The van der Waals surface area contributed by atoms with Crippen LogP contribution in [-0.2, 0) is 7.05 Å². The van der Waals surface area contributed by atoms with E-state index in [0.717, 1.165) is 38.5 Å². The number of hydrogen-bond donors (Lipinski definition) is 0. The van der Waals surface area contributed by atoms with Gasteiger partial charge in [0.1, 0.15) is 12.9 Å². The smallest absolute Gasteiger partial charge is 0.207 e. The van der Waals surface area contributed by atoms with E-state index in [-0.39, 0.29) is 5.82 Å². The van der Waals surface area contributed by atoms with Crippen molar-refractivity contribution < 1.29 is 10.3 Å². The number of pyridine rings is 1. The normalized spacial score (nSPS) is 12.1. The lowest BCUT2D eigenvalue weighted by atomic mass is 9.93. The minimum absolute atomic E-state index is 0.257. The molecule has 0 spiro atoms. The average molecular weight is 367 g/mol. The van der Waals surface area contributed by atoms with Crippen molar-refractivity contribution in [3.8, 4) is 11.3 Å². The van der Waals surface area contributed by atoms with Gasteiger partial charge in [-0.05, 0) is 58.3 Å². The Bertz CT molecular complexity index is 1450. The quantitative estimate of drug-likeness (QED) is 0.239. The van der Waals surface area contributed by atoms with Gasteiger partial charge in [-0.2, -0.15) is 4.57 Å². The van der Waals surface area contributed by atoms with E-state index < -0.39 is 0 Å². The molecule has 0 atom stereocenters. The van der Waals surface area contributed by atoms with Crippen LogP contribution in [-0.4, -0.2) is 0 Å². The van der Waals surface area contributed by atoms with Crippen LogP contribution >= 0.6 is 0 Å². The fourth-order valence-corrected chi connectivity index (χ4v) is 4.18. The standard InChI is InChI=1S/C26H21FN/c1-16-12-18-6-4-5-7-19(18)15-24(16)26-23-10-8-20-14-21(27)9-11-22(20)25(23)13-17(2)28(26)3/h4-15H,1-3H3/q+1/i13D. The van der Waals surface area contributed by atoms with Crippen molar-refractivity contribution in [1.29, 1.82) is 0 Å². The summed E-state index contributed by atoms with van der Waals surface area (Å²) in [5, 5.41) is 6.03. The first kappa shape index (κ1) is 15.8. The summed E-state index contributed by atoms with van der Waals surface area (Å²) in [7, 11) is 2.02. The van der Waals surface area contributed by atoms with Gasteiger partial charge in [-0.3, -0.25) is 0 Å². The Morgan fingerprint density at radius 1 is 0.786 bits per heavy atom. The molecule has 5 rings (SSSR count). The maximum atomic E-state index is 13.8. The lowest BCUT2D eigenvalue weighted by molar-refractivity contribution is -0.665. The number of aryl methyl sites for hydroxylation is 1. The van der Waals surface area contributed by atoms with Crippen LogP contribution in [0.1, 0.15) is 12.6 Å². The zero-order valence-electron chi connectivity index (χ0n) is 17.2. The highest BCUT2D eigenvalue weighted by molar-refractivity contribution is 6.11. The summed E-state index contributed by atoms with van der Waals surface area (Å²) in [5.74, 6) is -0.257. The van der Waals surface area contributed by atoms with Gasteiger partial charge in [0.05, 0.1) is 12.3 Å². The molecule has 0 aliphatic heterocycles. The Balaban J connectivity index is 1.97. The van der Waals surface area contributed by atoms with Crippen LogP contribution in [0.25, 0.3) is 43.6 Å². The Kier molecular flexibility index (Phi) is 3.45. The molecule has 0 fully saturated rings. The zero-order chi connectivity index (χ0) is 20.3. The number of fused-ring (bicyclic) bond motifs is 4. The maximum absolute atomic E-state index is 13.8. The molecule has 1 nitrogen and oxygen atoms in total. The minimum atomic E-state index is -0.257. The fraction of sp³-hybridized carbons (Fsp3) is 0.115. The summed E-state index contributed by atoms with van der Waals surface area (Å²) in [6.45, 7) is 4.11. The first-order chi connectivity index (χ1) is 14.0. The van der Waals surface area contributed by atoms with E-state index in [0.29, 0.717) is 6.04 Å². The molecular weight excluding hydrogens is 345 g/mol. The minimum Gasteiger partial charge on any atom is -0.207 e. The molecule has 0 aliphatic carbocycles. The van der Waals surface area contributed by atoms with Crippen molar-refractivity contribution in [1.82, 2.24) is 0 Å². The fourth-order valence-electron chi connectivity index (χ4n) is 4.18.